The van der Waals surface area contributed by atoms with Crippen LogP contribution in [-0.4, -0.2) is 49.6 Å². The van der Waals surface area contributed by atoms with Crippen LogP contribution in [0, 0.1) is 10.1 Å². The van der Waals surface area contributed by atoms with Crippen molar-refractivity contribution in [3.63, 3.8) is 0 Å². The molecule has 0 saturated carbocycles. The highest BCUT2D eigenvalue weighted by Crippen LogP contribution is 2.29. The lowest BCUT2D eigenvalue weighted by Crippen LogP contribution is -2.37. The summed E-state index contributed by atoms with van der Waals surface area (Å²) in [5.74, 6) is -0.378. The molecule has 0 unspecified atom stereocenters. The minimum Gasteiger partial charge on any atom is -0.378 e. The highest BCUT2D eigenvalue weighted by Gasteiger charge is 2.24. The van der Waals surface area contributed by atoms with E-state index in [4.69, 9.17) is 4.74 Å². The molecular weight excluding hydrogens is 388 g/mol. The van der Waals surface area contributed by atoms with Gasteiger partial charge in [-0.2, -0.15) is 0 Å². The largest absolute Gasteiger partial charge is 0.378 e. The summed E-state index contributed by atoms with van der Waals surface area (Å²) in [5.41, 5.74) is 1.97. The lowest BCUT2D eigenvalue weighted by atomic mass is 10.1. The first kappa shape index (κ1) is 19.8. The SMILES string of the molecule is O=C(Nc1cccc(N2CCCC2=O)c1)c1cc([N+](=O)[O-])ccc1N1CCOCC1. The van der Waals surface area contributed by atoms with Crippen LogP contribution in [-0.2, 0) is 9.53 Å². The minimum absolute atomic E-state index is 0.0618. The van der Waals surface area contributed by atoms with Crippen LogP contribution in [0.4, 0.5) is 22.7 Å². The van der Waals surface area contributed by atoms with E-state index in [-0.39, 0.29) is 17.2 Å². The number of nitro groups is 1. The second kappa shape index (κ2) is 8.50. The summed E-state index contributed by atoms with van der Waals surface area (Å²) >= 11 is 0. The van der Waals surface area contributed by atoms with Crippen molar-refractivity contribution < 1.29 is 19.2 Å². The molecule has 0 aromatic heterocycles. The molecule has 2 aliphatic rings. The van der Waals surface area contributed by atoms with Crippen LogP contribution in [0.25, 0.3) is 0 Å². The molecule has 9 heteroatoms. The molecule has 0 radical (unpaired) electrons. The first-order chi connectivity index (χ1) is 14.5. The Kier molecular flexibility index (Phi) is 5.62. The van der Waals surface area contributed by atoms with Gasteiger partial charge in [0.15, 0.2) is 0 Å². The van der Waals surface area contributed by atoms with Gasteiger partial charge in [0.2, 0.25) is 5.91 Å². The number of ether oxygens (including phenoxy) is 1. The summed E-state index contributed by atoms with van der Waals surface area (Å²) in [6.07, 6.45) is 1.33. The molecule has 4 rings (SSSR count). The van der Waals surface area contributed by atoms with Crippen LogP contribution >= 0.6 is 0 Å². The second-order valence-corrected chi connectivity index (χ2v) is 7.21. The predicted octanol–water partition coefficient (Wildman–Crippen LogP) is 2.81. The molecule has 30 heavy (non-hydrogen) atoms. The third-order valence-corrected chi connectivity index (χ3v) is 5.28. The van der Waals surface area contributed by atoms with Crippen molar-refractivity contribution in [2.24, 2.45) is 0 Å². The first-order valence-corrected chi connectivity index (χ1v) is 9.86. The van der Waals surface area contributed by atoms with E-state index >= 15 is 0 Å². The number of rotatable bonds is 5. The van der Waals surface area contributed by atoms with E-state index in [1.165, 1.54) is 12.1 Å². The van der Waals surface area contributed by atoms with Crippen molar-refractivity contribution in [2.45, 2.75) is 12.8 Å². The summed E-state index contributed by atoms with van der Waals surface area (Å²) in [6, 6.07) is 11.4. The summed E-state index contributed by atoms with van der Waals surface area (Å²) in [7, 11) is 0. The van der Waals surface area contributed by atoms with Gasteiger partial charge in [-0.05, 0) is 30.7 Å². The highest BCUT2D eigenvalue weighted by atomic mass is 16.6. The van der Waals surface area contributed by atoms with Gasteiger partial charge in [0.25, 0.3) is 11.6 Å². The first-order valence-electron chi connectivity index (χ1n) is 9.86. The summed E-state index contributed by atoms with van der Waals surface area (Å²) in [6.45, 7) is 2.92. The van der Waals surface area contributed by atoms with Gasteiger partial charge in [0.1, 0.15) is 0 Å². The van der Waals surface area contributed by atoms with Crippen LogP contribution < -0.4 is 15.1 Å². The van der Waals surface area contributed by atoms with Crippen LogP contribution in [0.5, 0.6) is 0 Å². The average molecular weight is 410 g/mol. The number of hydrogen-bond donors (Lipinski definition) is 1. The number of carbonyl (C=O) groups is 2. The van der Waals surface area contributed by atoms with E-state index in [0.717, 1.165) is 12.1 Å². The molecule has 2 saturated heterocycles. The maximum Gasteiger partial charge on any atom is 0.270 e. The number of nitro benzene ring substituents is 1. The zero-order valence-corrected chi connectivity index (χ0v) is 16.4. The van der Waals surface area contributed by atoms with Crippen molar-refractivity contribution in [1.82, 2.24) is 0 Å². The number of hydrogen-bond acceptors (Lipinski definition) is 6. The molecule has 2 amide bonds. The maximum absolute atomic E-state index is 13.1. The van der Waals surface area contributed by atoms with Gasteiger partial charge < -0.3 is 19.9 Å². The maximum atomic E-state index is 13.1. The Morgan fingerprint density at radius 2 is 1.90 bits per heavy atom. The second-order valence-electron chi connectivity index (χ2n) is 7.21. The van der Waals surface area contributed by atoms with Gasteiger partial charge in [0.05, 0.1) is 29.4 Å². The molecule has 2 aromatic rings. The normalized spacial score (nSPS) is 16.6. The number of anilines is 3. The van der Waals surface area contributed by atoms with E-state index in [1.807, 2.05) is 11.0 Å². The molecule has 156 valence electrons. The molecule has 0 bridgehead atoms. The Hall–Kier alpha value is -3.46. The fraction of sp³-hybridized carbons (Fsp3) is 0.333. The predicted molar refractivity (Wildman–Crippen MR) is 112 cm³/mol. The zero-order valence-electron chi connectivity index (χ0n) is 16.4. The van der Waals surface area contributed by atoms with E-state index in [0.29, 0.717) is 50.6 Å². The Morgan fingerprint density at radius 1 is 1.10 bits per heavy atom. The van der Waals surface area contributed by atoms with Crippen molar-refractivity contribution in [3.8, 4) is 0 Å². The van der Waals surface area contributed by atoms with Crippen molar-refractivity contribution in [3.05, 3.63) is 58.1 Å². The molecule has 2 fully saturated rings. The summed E-state index contributed by atoms with van der Waals surface area (Å²) in [4.78, 5) is 39.5. The standard InChI is InChI=1S/C21H22N4O5/c26-20-5-2-8-24(20)16-4-1-3-15(13-16)22-21(27)18-14-17(25(28)29)6-7-19(18)23-9-11-30-12-10-23/h1,3-4,6-7,13-14H,2,5,8-12H2,(H,22,27). The van der Waals surface area contributed by atoms with E-state index in [9.17, 15) is 19.7 Å². The number of benzene rings is 2. The molecule has 0 spiro atoms. The Morgan fingerprint density at radius 3 is 2.60 bits per heavy atom. The monoisotopic (exact) mass is 410 g/mol. The molecule has 2 aromatic carbocycles. The number of non-ortho nitro benzene ring substituents is 1. The lowest BCUT2D eigenvalue weighted by Gasteiger charge is -2.30. The third kappa shape index (κ3) is 4.11. The highest BCUT2D eigenvalue weighted by molar-refractivity contribution is 6.09. The quantitative estimate of drug-likeness (QED) is 0.600. The fourth-order valence-corrected chi connectivity index (χ4v) is 3.77. The minimum atomic E-state index is -0.514. The molecule has 0 atom stereocenters. The van der Waals surface area contributed by atoms with Crippen LogP contribution in [0.2, 0.25) is 0 Å². The molecular formula is C21H22N4O5. The number of morpholine rings is 1. The van der Waals surface area contributed by atoms with Gasteiger partial charge in [0, 0.05) is 49.6 Å². The van der Waals surface area contributed by atoms with E-state index in [1.54, 1.807) is 29.2 Å². The molecule has 1 N–H and O–H groups in total. The number of amides is 2. The zero-order chi connectivity index (χ0) is 21.1. The van der Waals surface area contributed by atoms with Crippen molar-refractivity contribution in [1.29, 1.82) is 0 Å². The Bertz CT molecular complexity index is 987. The van der Waals surface area contributed by atoms with E-state index < -0.39 is 10.8 Å². The van der Waals surface area contributed by atoms with Gasteiger partial charge >= 0.3 is 0 Å². The molecule has 9 nitrogen and oxygen atoms in total. The van der Waals surface area contributed by atoms with Crippen molar-refractivity contribution >= 4 is 34.6 Å². The Balaban J connectivity index is 1.61. The van der Waals surface area contributed by atoms with Crippen LogP contribution in [0.3, 0.4) is 0 Å². The Labute approximate surface area is 173 Å². The fourth-order valence-electron chi connectivity index (χ4n) is 3.77. The van der Waals surface area contributed by atoms with Crippen LogP contribution in [0.15, 0.2) is 42.5 Å². The van der Waals surface area contributed by atoms with Crippen molar-refractivity contribution in [2.75, 3.05) is 48.0 Å². The average Bonchev–Trinajstić information content (AvgIpc) is 3.20. The van der Waals surface area contributed by atoms with Gasteiger partial charge in [-0.1, -0.05) is 6.07 Å². The topological polar surface area (TPSA) is 105 Å². The number of nitrogens with one attached hydrogen (secondary N) is 1. The summed E-state index contributed by atoms with van der Waals surface area (Å²) in [5, 5.41) is 14.1. The van der Waals surface area contributed by atoms with Crippen LogP contribution in [0.1, 0.15) is 23.2 Å². The van der Waals surface area contributed by atoms with Gasteiger partial charge in [-0.15, -0.1) is 0 Å². The summed E-state index contributed by atoms with van der Waals surface area (Å²) < 4.78 is 5.37. The lowest BCUT2D eigenvalue weighted by molar-refractivity contribution is -0.384. The number of nitrogens with zero attached hydrogens (tertiary/aromatic N) is 3. The van der Waals surface area contributed by atoms with Gasteiger partial charge in [-0.3, -0.25) is 19.7 Å². The number of carbonyl (C=O) groups excluding carboxylic acids is 2. The van der Waals surface area contributed by atoms with Gasteiger partial charge in [-0.25, -0.2) is 0 Å². The molecule has 2 heterocycles. The van der Waals surface area contributed by atoms with E-state index in [2.05, 4.69) is 5.32 Å². The molecule has 0 aliphatic carbocycles. The molecule has 2 aliphatic heterocycles. The smallest absolute Gasteiger partial charge is 0.270 e. The third-order valence-electron chi connectivity index (χ3n) is 5.28.